The highest BCUT2D eigenvalue weighted by Gasteiger charge is 2.32. The number of hydrogen-bond acceptors (Lipinski definition) is 4. The van der Waals surface area contributed by atoms with Gasteiger partial charge in [0, 0.05) is 31.3 Å². The molecule has 2 rings (SSSR count). The summed E-state index contributed by atoms with van der Waals surface area (Å²) in [6.45, 7) is 6.19. The largest absolute Gasteiger partial charge is 0.496 e. The van der Waals surface area contributed by atoms with E-state index in [1.54, 1.807) is 20.3 Å². The summed E-state index contributed by atoms with van der Waals surface area (Å²) in [6, 6.07) is 3.49. The van der Waals surface area contributed by atoms with E-state index in [1.807, 2.05) is 6.07 Å². The lowest BCUT2D eigenvalue weighted by Crippen LogP contribution is -2.56. The second-order valence-corrected chi connectivity index (χ2v) is 6.16. The predicted octanol–water partition coefficient (Wildman–Crippen LogP) is 2.31. The third-order valence-electron chi connectivity index (χ3n) is 3.92. The van der Waals surface area contributed by atoms with Gasteiger partial charge in [0.2, 0.25) is 5.91 Å². The third-order valence-corrected chi connectivity index (χ3v) is 4.22. The molecule has 1 unspecified atom stereocenters. The lowest BCUT2D eigenvalue weighted by atomic mass is 9.98. The van der Waals surface area contributed by atoms with Gasteiger partial charge in [-0.2, -0.15) is 0 Å². The zero-order valence-corrected chi connectivity index (χ0v) is 14.2. The van der Waals surface area contributed by atoms with E-state index in [4.69, 9.17) is 21.1 Å². The Labute approximate surface area is 136 Å². The summed E-state index contributed by atoms with van der Waals surface area (Å²) in [6.07, 6.45) is 0. The van der Waals surface area contributed by atoms with Crippen LogP contribution in [0.3, 0.4) is 0 Å². The molecule has 1 saturated heterocycles. The van der Waals surface area contributed by atoms with Gasteiger partial charge in [-0.05, 0) is 12.0 Å². The SMILES string of the molecule is COc1cc(OC)c(CN2CCNC(=O)C2C(C)C)cc1Cl. The monoisotopic (exact) mass is 326 g/mol. The van der Waals surface area contributed by atoms with Crippen molar-refractivity contribution in [1.29, 1.82) is 0 Å². The Hall–Kier alpha value is -1.46. The summed E-state index contributed by atoms with van der Waals surface area (Å²) in [5.74, 6) is 1.62. The fourth-order valence-corrected chi connectivity index (χ4v) is 3.16. The summed E-state index contributed by atoms with van der Waals surface area (Å²) in [7, 11) is 3.19. The number of rotatable bonds is 5. The first-order valence-corrected chi connectivity index (χ1v) is 7.77. The summed E-state index contributed by atoms with van der Waals surface area (Å²) in [4.78, 5) is 14.3. The molecule has 0 saturated carbocycles. The van der Waals surface area contributed by atoms with Gasteiger partial charge >= 0.3 is 0 Å². The van der Waals surface area contributed by atoms with Crippen LogP contribution in [-0.4, -0.2) is 44.2 Å². The number of methoxy groups -OCH3 is 2. The molecule has 0 spiro atoms. The number of ether oxygens (including phenoxy) is 2. The van der Waals surface area contributed by atoms with Gasteiger partial charge in [-0.15, -0.1) is 0 Å². The van der Waals surface area contributed by atoms with Gasteiger partial charge < -0.3 is 14.8 Å². The highest BCUT2D eigenvalue weighted by atomic mass is 35.5. The molecule has 1 heterocycles. The number of hydrogen-bond donors (Lipinski definition) is 1. The van der Waals surface area contributed by atoms with E-state index in [-0.39, 0.29) is 17.9 Å². The number of carbonyl (C=O) groups is 1. The van der Waals surface area contributed by atoms with Crippen LogP contribution in [0.25, 0.3) is 0 Å². The van der Waals surface area contributed by atoms with E-state index in [1.165, 1.54) is 0 Å². The van der Waals surface area contributed by atoms with Crippen molar-refractivity contribution >= 4 is 17.5 Å². The summed E-state index contributed by atoms with van der Waals surface area (Å²) >= 11 is 6.23. The number of halogens is 1. The first-order valence-electron chi connectivity index (χ1n) is 7.40. The molecule has 0 bridgehead atoms. The Kier molecular flexibility index (Phi) is 5.53. The molecule has 1 N–H and O–H groups in total. The second kappa shape index (κ2) is 7.20. The van der Waals surface area contributed by atoms with E-state index < -0.39 is 0 Å². The maximum atomic E-state index is 12.1. The van der Waals surface area contributed by atoms with Crippen molar-refractivity contribution in [2.45, 2.75) is 26.4 Å². The maximum absolute atomic E-state index is 12.1. The molecule has 22 heavy (non-hydrogen) atoms. The number of nitrogens with one attached hydrogen (secondary N) is 1. The van der Waals surface area contributed by atoms with Crippen molar-refractivity contribution < 1.29 is 14.3 Å². The number of benzene rings is 1. The molecule has 1 fully saturated rings. The molecule has 5 nitrogen and oxygen atoms in total. The van der Waals surface area contributed by atoms with Crippen LogP contribution < -0.4 is 14.8 Å². The fraction of sp³-hybridized carbons (Fsp3) is 0.562. The molecule has 1 aliphatic rings. The minimum Gasteiger partial charge on any atom is -0.496 e. The average molecular weight is 327 g/mol. The Morgan fingerprint density at radius 3 is 2.59 bits per heavy atom. The zero-order valence-electron chi connectivity index (χ0n) is 13.5. The fourth-order valence-electron chi connectivity index (χ4n) is 2.90. The highest BCUT2D eigenvalue weighted by molar-refractivity contribution is 6.32. The van der Waals surface area contributed by atoms with E-state index in [2.05, 4.69) is 24.1 Å². The van der Waals surface area contributed by atoms with Gasteiger partial charge in [0.25, 0.3) is 0 Å². The van der Waals surface area contributed by atoms with Crippen molar-refractivity contribution in [2.75, 3.05) is 27.3 Å². The Balaban J connectivity index is 2.28. The van der Waals surface area contributed by atoms with Gasteiger partial charge in [0.1, 0.15) is 11.5 Å². The van der Waals surface area contributed by atoms with Gasteiger partial charge in [-0.1, -0.05) is 25.4 Å². The molecule has 0 radical (unpaired) electrons. The summed E-state index contributed by atoms with van der Waals surface area (Å²) in [5.41, 5.74) is 0.952. The topological polar surface area (TPSA) is 50.8 Å². The van der Waals surface area contributed by atoms with Gasteiger partial charge in [0.05, 0.1) is 25.3 Å². The van der Waals surface area contributed by atoms with Crippen molar-refractivity contribution in [1.82, 2.24) is 10.2 Å². The second-order valence-electron chi connectivity index (χ2n) is 5.75. The average Bonchev–Trinajstić information content (AvgIpc) is 2.47. The minimum atomic E-state index is -0.140. The molecule has 122 valence electrons. The normalized spacial score (nSPS) is 19.2. The standard InChI is InChI=1S/C16H23ClN2O3/c1-10(2)15-16(20)18-5-6-19(15)9-11-7-12(17)14(22-4)8-13(11)21-3/h7-8,10,15H,5-6,9H2,1-4H3,(H,18,20). The van der Waals surface area contributed by atoms with E-state index in [0.29, 0.717) is 23.9 Å². The van der Waals surface area contributed by atoms with Crippen LogP contribution in [0.4, 0.5) is 0 Å². The molecule has 1 aromatic rings. The molecular weight excluding hydrogens is 304 g/mol. The van der Waals surface area contributed by atoms with Crippen molar-refractivity contribution in [3.63, 3.8) is 0 Å². The van der Waals surface area contributed by atoms with Gasteiger partial charge in [-0.3, -0.25) is 9.69 Å². The van der Waals surface area contributed by atoms with Gasteiger partial charge in [0.15, 0.2) is 0 Å². The van der Waals surface area contributed by atoms with Crippen LogP contribution in [0.1, 0.15) is 19.4 Å². The van der Waals surface area contributed by atoms with Crippen LogP contribution in [-0.2, 0) is 11.3 Å². The maximum Gasteiger partial charge on any atom is 0.237 e. The highest BCUT2D eigenvalue weighted by Crippen LogP contribution is 2.33. The lowest BCUT2D eigenvalue weighted by molar-refractivity contribution is -0.131. The van der Waals surface area contributed by atoms with Crippen LogP contribution in [0.2, 0.25) is 5.02 Å². The molecule has 1 aliphatic heterocycles. The number of nitrogens with zero attached hydrogens (tertiary/aromatic N) is 1. The first-order chi connectivity index (χ1) is 10.5. The van der Waals surface area contributed by atoms with E-state index in [0.717, 1.165) is 17.9 Å². The summed E-state index contributed by atoms with van der Waals surface area (Å²) in [5, 5.41) is 3.47. The Bertz CT molecular complexity index is 548. The number of carbonyl (C=O) groups excluding carboxylic acids is 1. The summed E-state index contributed by atoms with van der Waals surface area (Å²) < 4.78 is 10.7. The van der Waals surface area contributed by atoms with E-state index in [9.17, 15) is 4.79 Å². The van der Waals surface area contributed by atoms with Crippen LogP contribution in [0, 0.1) is 5.92 Å². The van der Waals surface area contributed by atoms with Crippen LogP contribution in [0.15, 0.2) is 12.1 Å². The van der Waals surface area contributed by atoms with Gasteiger partial charge in [-0.25, -0.2) is 0 Å². The number of amides is 1. The minimum absolute atomic E-state index is 0.0832. The van der Waals surface area contributed by atoms with Crippen molar-refractivity contribution in [3.05, 3.63) is 22.7 Å². The van der Waals surface area contributed by atoms with Crippen molar-refractivity contribution in [3.8, 4) is 11.5 Å². The molecule has 6 heteroatoms. The lowest BCUT2D eigenvalue weighted by Gasteiger charge is -2.37. The molecular formula is C16H23ClN2O3. The molecule has 0 aliphatic carbocycles. The van der Waals surface area contributed by atoms with Crippen molar-refractivity contribution in [2.24, 2.45) is 5.92 Å². The third kappa shape index (κ3) is 3.47. The zero-order chi connectivity index (χ0) is 16.3. The Morgan fingerprint density at radius 2 is 2.00 bits per heavy atom. The number of piperazine rings is 1. The quantitative estimate of drug-likeness (QED) is 0.902. The van der Waals surface area contributed by atoms with Crippen LogP contribution in [0.5, 0.6) is 11.5 Å². The first kappa shape index (κ1) is 16.9. The van der Waals surface area contributed by atoms with E-state index >= 15 is 0 Å². The smallest absolute Gasteiger partial charge is 0.237 e. The molecule has 1 atom stereocenters. The predicted molar refractivity (Wildman–Crippen MR) is 86.6 cm³/mol. The molecule has 1 aromatic carbocycles. The Morgan fingerprint density at radius 1 is 1.32 bits per heavy atom. The van der Waals surface area contributed by atoms with Crippen LogP contribution >= 0.6 is 11.6 Å². The molecule has 1 amide bonds. The molecule has 0 aromatic heterocycles.